The number of carbonyl (C=O) groups excluding carboxylic acids is 2. The molecule has 0 bridgehead atoms. The van der Waals surface area contributed by atoms with E-state index in [0.717, 1.165) is 0 Å². The van der Waals surface area contributed by atoms with E-state index in [-0.39, 0.29) is 25.1 Å². The van der Waals surface area contributed by atoms with E-state index < -0.39 is 23.5 Å². The van der Waals surface area contributed by atoms with Crippen molar-refractivity contribution in [2.24, 2.45) is 0 Å². The van der Waals surface area contributed by atoms with Crippen molar-refractivity contribution in [1.82, 2.24) is 19.9 Å². The summed E-state index contributed by atoms with van der Waals surface area (Å²) < 4.78 is 17.9. The van der Waals surface area contributed by atoms with Crippen molar-refractivity contribution in [2.75, 3.05) is 29.1 Å². The molecule has 0 spiro atoms. The number of hydrogen-bond acceptors (Lipinski definition) is 10. The summed E-state index contributed by atoms with van der Waals surface area (Å²) in [5, 5.41) is 22.5. The molecule has 38 heavy (non-hydrogen) atoms. The fourth-order valence-corrected chi connectivity index (χ4v) is 4.08. The number of morpholine rings is 1. The van der Waals surface area contributed by atoms with Crippen molar-refractivity contribution >= 4 is 40.1 Å². The first-order valence-electron chi connectivity index (χ1n) is 11.9. The van der Waals surface area contributed by atoms with E-state index in [2.05, 4.69) is 20.6 Å². The number of carbonyl (C=O) groups is 2. The smallest absolute Gasteiger partial charge is 0.260 e. The van der Waals surface area contributed by atoms with Crippen LogP contribution in [0, 0.1) is 0 Å². The summed E-state index contributed by atoms with van der Waals surface area (Å²) in [7, 11) is 0. The first kappa shape index (κ1) is 25.2. The van der Waals surface area contributed by atoms with Gasteiger partial charge in [0.05, 0.1) is 30.3 Å². The average Bonchev–Trinajstić information content (AvgIpc) is 3.51. The minimum absolute atomic E-state index is 0.0392. The van der Waals surface area contributed by atoms with Gasteiger partial charge >= 0.3 is 0 Å². The van der Waals surface area contributed by atoms with Crippen LogP contribution in [0.5, 0.6) is 5.88 Å². The molecule has 5 rings (SSSR count). The third-order valence-electron chi connectivity index (χ3n) is 6.01. The molecule has 13 nitrogen and oxygen atoms in total. The fourth-order valence-electron chi connectivity index (χ4n) is 4.08. The van der Waals surface area contributed by atoms with Gasteiger partial charge in [0.15, 0.2) is 28.9 Å². The lowest BCUT2D eigenvalue weighted by Gasteiger charge is -2.37. The van der Waals surface area contributed by atoms with Crippen molar-refractivity contribution in [3.8, 4) is 11.6 Å². The fraction of sp³-hybridized carbons (Fsp3) is 0.320. The Labute approximate surface area is 217 Å². The van der Waals surface area contributed by atoms with Crippen molar-refractivity contribution in [1.29, 1.82) is 0 Å². The number of aliphatic hydroxyl groups is 1. The number of nitrogens with zero attached hydrogens (tertiary/aromatic N) is 5. The van der Waals surface area contributed by atoms with Gasteiger partial charge in [-0.25, -0.2) is 9.67 Å². The number of aromatic nitrogens is 4. The van der Waals surface area contributed by atoms with E-state index in [1.807, 2.05) is 13.8 Å². The lowest BCUT2D eigenvalue weighted by atomic mass is 9.95. The largest absolute Gasteiger partial charge is 0.475 e. The van der Waals surface area contributed by atoms with Crippen molar-refractivity contribution in [3.05, 3.63) is 48.8 Å². The summed E-state index contributed by atoms with van der Waals surface area (Å²) in [6, 6.07) is 9.89. The summed E-state index contributed by atoms with van der Waals surface area (Å²) in [5.74, 6) is -0.411. The van der Waals surface area contributed by atoms with E-state index in [1.165, 1.54) is 17.9 Å². The second-order valence-electron chi connectivity index (χ2n) is 9.26. The lowest BCUT2D eigenvalue weighted by Crippen LogP contribution is -2.61. The van der Waals surface area contributed by atoms with Gasteiger partial charge in [-0.05, 0) is 39.0 Å². The molecule has 198 valence electrons. The Morgan fingerprint density at radius 2 is 2.11 bits per heavy atom. The third kappa shape index (κ3) is 4.76. The molecule has 13 heteroatoms. The molecule has 0 aliphatic carbocycles. The van der Waals surface area contributed by atoms with Crippen molar-refractivity contribution in [3.63, 3.8) is 0 Å². The summed E-state index contributed by atoms with van der Waals surface area (Å²) in [5.41, 5.74) is 4.92. The summed E-state index contributed by atoms with van der Waals surface area (Å²) in [6.07, 6.45) is 1.80. The van der Waals surface area contributed by atoms with Gasteiger partial charge in [0.25, 0.3) is 11.8 Å². The molecule has 2 unspecified atom stereocenters. The van der Waals surface area contributed by atoms with E-state index in [1.54, 1.807) is 47.4 Å². The summed E-state index contributed by atoms with van der Waals surface area (Å²) >= 11 is 0. The molecule has 1 fully saturated rings. The van der Waals surface area contributed by atoms with Crippen LogP contribution in [0.2, 0.25) is 0 Å². The van der Waals surface area contributed by atoms with Crippen LogP contribution in [0.4, 0.5) is 17.3 Å². The SMILES string of the molecule is CC(C)Oc1cc(-n2ccc(N3CCOC(C(C)(O)C(=O)Nc4ccc5c(N)noc5c4)C3=O)n2)ccn1. The van der Waals surface area contributed by atoms with Gasteiger partial charge in [-0.3, -0.25) is 14.5 Å². The number of nitrogens with one attached hydrogen (secondary N) is 1. The highest BCUT2D eigenvalue weighted by molar-refractivity contribution is 6.06. The number of anilines is 3. The summed E-state index contributed by atoms with van der Waals surface area (Å²) in [4.78, 5) is 32.0. The maximum atomic E-state index is 13.4. The topological polar surface area (TPSA) is 171 Å². The van der Waals surface area contributed by atoms with Gasteiger partial charge in [0, 0.05) is 36.3 Å². The van der Waals surface area contributed by atoms with Gasteiger partial charge in [0.2, 0.25) is 5.88 Å². The number of benzene rings is 1. The van der Waals surface area contributed by atoms with Crippen LogP contribution in [0.15, 0.2) is 53.3 Å². The molecule has 0 saturated carbocycles. The third-order valence-corrected chi connectivity index (χ3v) is 6.01. The predicted octanol–water partition coefficient (Wildman–Crippen LogP) is 1.90. The van der Waals surface area contributed by atoms with Crippen LogP contribution < -0.4 is 20.7 Å². The van der Waals surface area contributed by atoms with E-state index in [4.69, 9.17) is 19.7 Å². The Morgan fingerprint density at radius 3 is 2.89 bits per heavy atom. The van der Waals surface area contributed by atoms with Gasteiger partial charge in [0.1, 0.15) is 0 Å². The number of rotatable bonds is 7. The Bertz CT molecular complexity index is 1490. The zero-order valence-electron chi connectivity index (χ0n) is 21.0. The lowest BCUT2D eigenvalue weighted by molar-refractivity contribution is -0.165. The minimum atomic E-state index is -2.19. The zero-order valence-corrected chi connectivity index (χ0v) is 21.0. The van der Waals surface area contributed by atoms with Crippen molar-refractivity contribution in [2.45, 2.75) is 38.6 Å². The summed E-state index contributed by atoms with van der Waals surface area (Å²) in [6.45, 7) is 5.33. The van der Waals surface area contributed by atoms with Crippen LogP contribution >= 0.6 is 0 Å². The van der Waals surface area contributed by atoms with Gasteiger partial charge in [-0.15, -0.1) is 5.10 Å². The van der Waals surface area contributed by atoms with Crippen LogP contribution in [-0.4, -0.2) is 67.8 Å². The van der Waals surface area contributed by atoms with Crippen molar-refractivity contribution < 1.29 is 28.7 Å². The van der Waals surface area contributed by atoms with Gasteiger partial charge in [-0.2, -0.15) is 0 Å². The molecule has 0 radical (unpaired) electrons. The quantitative estimate of drug-likeness (QED) is 0.326. The van der Waals surface area contributed by atoms with E-state index in [0.29, 0.717) is 34.0 Å². The second kappa shape index (κ2) is 9.76. The Morgan fingerprint density at radius 1 is 1.29 bits per heavy atom. The average molecular weight is 522 g/mol. The number of pyridine rings is 1. The van der Waals surface area contributed by atoms with Gasteiger partial charge in [-0.1, -0.05) is 5.16 Å². The number of hydrogen-bond donors (Lipinski definition) is 3. The highest BCUT2D eigenvalue weighted by Crippen LogP contribution is 2.28. The first-order chi connectivity index (χ1) is 18.1. The number of nitrogens with two attached hydrogens (primary N) is 1. The second-order valence-corrected chi connectivity index (χ2v) is 9.26. The van der Waals surface area contributed by atoms with Crippen LogP contribution in [0.3, 0.4) is 0 Å². The minimum Gasteiger partial charge on any atom is -0.475 e. The number of amides is 2. The number of ether oxygens (including phenoxy) is 2. The highest BCUT2D eigenvalue weighted by atomic mass is 16.5. The van der Waals surface area contributed by atoms with E-state index >= 15 is 0 Å². The molecule has 4 heterocycles. The first-order valence-corrected chi connectivity index (χ1v) is 11.9. The Kier molecular flexibility index (Phi) is 6.46. The van der Waals surface area contributed by atoms with Crippen LogP contribution in [0.1, 0.15) is 20.8 Å². The zero-order chi connectivity index (χ0) is 27.0. The molecule has 4 aromatic rings. The number of nitrogen functional groups attached to an aromatic ring is 1. The molecule has 3 aromatic heterocycles. The maximum Gasteiger partial charge on any atom is 0.260 e. The normalized spacial score (nSPS) is 17.6. The molecular weight excluding hydrogens is 494 g/mol. The number of fused-ring (bicyclic) bond motifs is 1. The Hall–Kier alpha value is -4.49. The standard InChI is InChI=1S/C25H27N7O6/c1-14(2)37-20-13-16(6-8-27-20)32-9-7-19(29-32)31-10-11-36-21(23(31)33)25(3,35)24(34)28-15-4-5-17-18(12-15)38-30-22(17)26/h4-9,12-14,21,35H,10-11H2,1-3H3,(H2,26,30)(H,28,34). The van der Waals surface area contributed by atoms with E-state index in [9.17, 15) is 14.7 Å². The molecular formula is C25H27N7O6. The molecule has 2 amide bonds. The molecule has 1 aliphatic rings. The maximum absolute atomic E-state index is 13.4. The molecule has 1 aliphatic heterocycles. The predicted molar refractivity (Wildman–Crippen MR) is 137 cm³/mol. The molecule has 2 atom stereocenters. The van der Waals surface area contributed by atoms with Gasteiger partial charge < -0.3 is 30.2 Å². The Balaban J connectivity index is 1.32. The highest BCUT2D eigenvalue weighted by Gasteiger charge is 2.49. The molecule has 1 saturated heterocycles. The monoisotopic (exact) mass is 521 g/mol. The van der Waals surface area contributed by atoms with Crippen LogP contribution in [-0.2, 0) is 14.3 Å². The molecule has 1 aromatic carbocycles. The van der Waals surface area contributed by atoms with Crippen LogP contribution in [0.25, 0.3) is 16.7 Å². The molecule has 4 N–H and O–H groups in total.